The second-order valence-electron chi connectivity index (χ2n) is 3.63. The highest BCUT2D eigenvalue weighted by atomic mass is 19.1. The molecule has 0 aliphatic heterocycles. The monoisotopic (exact) mass is 258 g/mol. The van der Waals surface area contributed by atoms with Crippen molar-refractivity contribution in [3.63, 3.8) is 0 Å². The Bertz CT molecular complexity index is 400. The van der Waals surface area contributed by atoms with Crippen molar-refractivity contribution in [2.45, 2.75) is 6.42 Å². The highest BCUT2D eigenvalue weighted by Gasteiger charge is 2.05. The van der Waals surface area contributed by atoms with Crippen molar-refractivity contribution in [2.24, 2.45) is 0 Å². The molecule has 4 nitrogen and oxygen atoms in total. The van der Waals surface area contributed by atoms with E-state index in [9.17, 15) is 13.6 Å². The number of rotatable bonds is 7. The van der Waals surface area contributed by atoms with Crippen molar-refractivity contribution < 1.29 is 18.3 Å². The van der Waals surface area contributed by atoms with Gasteiger partial charge >= 0.3 is 0 Å². The average Bonchev–Trinajstić information content (AvgIpc) is 2.34. The Hall–Kier alpha value is -1.69. The van der Waals surface area contributed by atoms with Gasteiger partial charge in [-0.15, -0.1) is 0 Å². The molecule has 0 radical (unpaired) electrons. The Morgan fingerprint density at radius 2 is 2.11 bits per heavy atom. The predicted octanol–water partition coefficient (Wildman–Crippen LogP) is 1.07. The zero-order valence-electron chi connectivity index (χ0n) is 10.1. The lowest BCUT2D eigenvalue weighted by molar-refractivity contribution is -0.121. The molecule has 6 heteroatoms. The van der Waals surface area contributed by atoms with Gasteiger partial charge in [-0.1, -0.05) is 0 Å². The van der Waals surface area contributed by atoms with Gasteiger partial charge in [-0.3, -0.25) is 4.79 Å². The Kier molecular flexibility index (Phi) is 6.07. The predicted molar refractivity (Wildman–Crippen MR) is 63.4 cm³/mol. The molecule has 2 N–H and O–H groups in total. The van der Waals surface area contributed by atoms with Crippen molar-refractivity contribution in [1.29, 1.82) is 0 Å². The summed E-state index contributed by atoms with van der Waals surface area (Å²) >= 11 is 0. The minimum Gasteiger partial charge on any atom is -0.489 e. The minimum atomic E-state index is -0.753. The highest BCUT2D eigenvalue weighted by Crippen LogP contribution is 2.17. The SMILES string of the molecule is CNCCC(=O)NCCOc1ccc(F)cc1F. The van der Waals surface area contributed by atoms with Crippen molar-refractivity contribution in [2.75, 3.05) is 26.7 Å². The van der Waals surface area contributed by atoms with Gasteiger partial charge in [-0.25, -0.2) is 8.78 Å². The molecule has 0 aliphatic rings. The second-order valence-corrected chi connectivity index (χ2v) is 3.63. The van der Waals surface area contributed by atoms with E-state index < -0.39 is 11.6 Å². The van der Waals surface area contributed by atoms with Crippen molar-refractivity contribution in [3.8, 4) is 5.75 Å². The second kappa shape index (κ2) is 7.60. The van der Waals surface area contributed by atoms with E-state index >= 15 is 0 Å². The lowest BCUT2D eigenvalue weighted by Crippen LogP contribution is -2.30. The summed E-state index contributed by atoms with van der Waals surface area (Å²) in [7, 11) is 1.76. The molecule has 0 aliphatic carbocycles. The summed E-state index contributed by atoms with van der Waals surface area (Å²) in [5.74, 6) is -1.54. The van der Waals surface area contributed by atoms with Gasteiger partial charge in [-0.2, -0.15) is 0 Å². The minimum absolute atomic E-state index is 0.0270. The van der Waals surface area contributed by atoms with Crippen LogP contribution in [-0.4, -0.2) is 32.7 Å². The number of amides is 1. The summed E-state index contributed by atoms with van der Waals surface area (Å²) in [4.78, 5) is 11.2. The quantitative estimate of drug-likeness (QED) is 0.719. The molecule has 1 aromatic rings. The van der Waals surface area contributed by atoms with Crippen LogP contribution in [0.5, 0.6) is 5.75 Å². The maximum atomic E-state index is 13.1. The van der Waals surface area contributed by atoms with Crippen LogP contribution >= 0.6 is 0 Å². The fraction of sp³-hybridized carbons (Fsp3) is 0.417. The van der Waals surface area contributed by atoms with Gasteiger partial charge in [0, 0.05) is 19.0 Å². The molecule has 0 fully saturated rings. The summed E-state index contributed by atoms with van der Waals surface area (Å²) < 4.78 is 30.8. The first-order chi connectivity index (χ1) is 8.63. The third-order valence-corrected chi connectivity index (χ3v) is 2.18. The summed E-state index contributed by atoms with van der Waals surface area (Å²) in [6, 6.07) is 3.08. The van der Waals surface area contributed by atoms with E-state index in [1.807, 2.05) is 0 Å². The van der Waals surface area contributed by atoms with Crippen LogP contribution in [0.2, 0.25) is 0 Å². The third-order valence-electron chi connectivity index (χ3n) is 2.18. The first kappa shape index (κ1) is 14.4. The zero-order valence-corrected chi connectivity index (χ0v) is 10.1. The number of carbonyl (C=O) groups is 1. The summed E-state index contributed by atoms with van der Waals surface area (Å²) in [5, 5.41) is 5.47. The summed E-state index contributed by atoms with van der Waals surface area (Å²) in [5.41, 5.74) is 0. The third kappa shape index (κ3) is 5.09. The number of ether oxygens (including phenoxy) is 1. The highest BCUT2D eigenvalue weighted by molar-refractivity contribution is 5.75. The first-order valence-corrected chi connectivity index (χ1v) is 5.62. The van der Waals surface area contributed by atoms with Gasteiger partial charge < -0.3 is 15.4 Å². The maximum absolute atomic E-state index is 13.1. The summed E-state index contributed by atoms with van der Waals surface area (Å²) in [6.45, 7) is 1.01. The van der Waals surface area contributed by atoms with Gasteiger partial charge in [0.15, 0.2) is 11.6 Å². The first-order valence-electron chi connectivity index (χ1n) is 5.62. The molecular weight excluding hydrogens is 242 g/mol. The van der Waals surface area contributed by atoms with E-state index in [0.29, 0.717) is 13.0 Å². The van der Waals surface area contributed by atoms with Crippen LogP contribution in [0, 0.1) is 11.6 Å². The molecular formula is C12H16F2N2O2. The van der Waals surface area contributed by atoms with Crippen LogP contribution < -0.4 is 15.4 Å². The fourth-order valence-electron chi connectivity index (χ4n) is 1.27. The van der Waals surface area contributed by atoms with E-state index in [0.717, 1.165) is 12.1 Å². The molecule has 1 amide bonds. The number of carbonyl (C=O) groups excluding carboxylic acids is 1. The van der Waals surface area contributed by atoms with Crippen molar-refractivity contribution in [1.82, 2.24) is 10.6 Å². The lowest BCUT2D eigenvalue weighted by Gasteiger charge is -2.08. The Labute approximate surface area is 104 Å². The molecule has 0 unspecified atom stereocenters. The van der Waals surface area contributed by atoms with Crippen LogP contribution in [0.1, 0.15) is 6.42 Å². The van der Waals surface area contributed by atoms with Crippen molar-refractivity contribution in [3.05, 3.63) is 29.8 Å². The van der Waals surface area contributed by atoms with E-state index in [4.69, 9.17) is 4.74 Å². The van der Waals surface area contributed by atoms with Gasteiger partial charge in [-0.05, 0) is 19.2 Å². The molecule has 0 heterocycles. The molecule has 0 aromatic heterocycles. The largest absolute Gasteiger partial charge is 0.489 e. The van der Waals surface area contributed by atoms with Gasteiger partial charge in [0.25, 0.3) is 0 Å². The van der Waals surface area contributed by atoms with Crippen molar-refractivity contribution >= 4 is 5.91 Å². The standard InChI is InChI=1S/C12H16F2N2O2/c1-15-5-4-12(17)16-6-7-18-11-3-2-9(13)8-10(11)14/h2-3,8,15H,4-7H2,1H3,(H,16,17). The molecule has 0 spiro atoms. The number of halogens is 2. The van der Waals surface area contributed by atoms with Crippen LogP contribution in [0.3, 0.4) is 0 Å². The van der Waals surface area contributed by atoms with Crippen LogP contribution in [0.25, 0.3) is 0 Å². The number of benzene rings is 1. The molecule has 0 bridgehead atoms. The Morgan fingerprint density at radius 3 is 2.78 bits per heavy atom. The van der Waals surface area contributed by atoms with E-state index in [1.165, 1.54) is 6.07 Å². The lowest BCUT2D eigenvalue weighted by atomic mass is 10.3. The Balaban J connectivity index is 2.23. The van der Waals surface area contributed by atoms with Gasteiger partial charge in [0.1, 0.15) is 12.4 Å². The number of hydrogen-bond acceptors (Lipinski definition) is 3. The summed E-state index contributed by atoms with van der Waals surface area (Å²) in [6.07, 6.45) is 0.376. The van der Waals surface area contributed by atoms with Gasteiger partial charge in [0.05, 0.1) is 6.54 Å². The molecule has 1 rings (SSSR count). The molecule has 0 saturated carbocycles. The molecule has 1 aromatic carbocycles. The average molecular weight is 258 g/mol. The smallest absolute Gasteiger partial charge is 0.221 e. The molecule has 0 saturated heterocycles. The zero-order chi connectivity index (χ0) is 13.4. The van der Waals surface area contributed by atoms with Crippen LogP contribution in [-0.2, 0) is 4.79 Å². The van der Waals surface area contributed by atoms with Crippen LogP contribution in [0.15, 0.2) is 18.2 Å². The maximum Gasteiger partial charge on any atom is 0.221 e. The fourth-order valence-corrected chi connectivity index (χ4v) is 1.27. The molecule has 18 heavy (non-hydrogen) atoms. The number of hydrogen-bond donors (Lipinski definition) is 2. The van der Waals surface area contributed by atoms with Gasteiger partial charge in [0.2, 0.25) is 5.91 Å². The van der Waals surface area contributed by atoms with E-state index in [2.05, 4.69) is 10.6 Å². The van der Waals surface area contributed by atoms with E-state index in [1.54, 1.807) is 7.05 Å². The molecule has 0 atom stereocenters. The van der Waals surface area contributed by atoms with Crippen LogP contribution in [0.4, 0.5) is 8.78 Å². The molecule has 100 valence electrons. The van der Waals surface area contributed by atoms with E-state index in [-0.39, 0.29) is 24.8 Å². The Morgan fingerprint density at radius 1 is 1.33 bits per heavy atom. The topological polar surface area (TPSA) is 50.4 Å². The normalized spacial score (nSPS) is 10.2. The number of nitrogens with one attached hydrogen (secondary N) is 2.